The molecule has 1 rings (SSSR count). The lowest BCUT2D eigenvalue weighted by atomic mass is 10.2. The highest BCUT2D eigenvalue weighted by Gasteiger charge is 2.40. The van der Waals surface area contributed by atoms with Crippen molar-refractivity contribution in [1.29, 1.82) is 0 Å². The normalized spacial score (nSPS) is 19.8. The van der Waals surface area contributed by atoms with Gasteiger partial charge in [-0.15, -0.1) is 0 Å². The van der Waals surface area contributed by atoms with Gasteiger partial charge >= 0.3 is 0 Å². The molecule has 0 aromatic rings. The zero-order valence-electron chi connectivity index (χ0n) is 6.53. The maximum absolute atomic E-state index is 4.99. The van der Waals surface area contributed by atoms with Crippen molar-refractivity contribution in [1.82, 2.24) is 10.6 Å². The summed E-state index contributed by atoms with van der Waals surface area (Å²) in [6.45, 7) is 2.19. The Morgan fingerprint density at radius 2 is 2.20 bits per heavy atom. The third kappa shape index (κ3) is 1.59. The first-order valence-corrected chi connectivity index (χ1v) is 4.13. The molecule has 10 heavy (non-hydrogen) atoms. The Labute approximate surface area is 67.4 Å². The third-order valence-corrected chi connectivity index (χ3v) is 2.44. The zero-order valence-corrected chi connectivity index (χ0v) is 7.35. The zero-order chi connectivity index (χ0) is 7.61. The van der Waals surface area contributed by atoms with Gasteiger partial charge in [-0.25, -0.2) is 0 Å². The van der Waals surface area contributed by atoms with E-state index in [2.05, 4.69) is 17.6 Å². The molecule has 58 valence electrons. The van der Waals surface area contributed by atoms with Crippen LogP contribution in [0, 0.1) is 0 Å². The summed E-state index contributed by atoms with van der Waals surface area (Å²) in [6.07, 6.45) is 3.71. The minimum absolute atomic E-state index is 0.361. The molecule has 0 saturated heterocycles. The van der Waals surface area contributed by atoms with Crippen molar-refractivity contribution in [2.45, 2.75) is 31.7 Å². The molecule has 1 saturated carbocycles. The first kappa shape index (κ1) is 7.79. The Kier molecular flexibility index (Phi) is 2.14. The summed E-state index contributed by atoms with van der Waals surface area (Å²) in [4.78, 5) is 0. The van der Waals surface area contributed by atoms with Crippen LogP contribution in [0.5, 0.6) is 0 Å². The Balaban J connectivity index is 2.30. The highest BCUT2D eigenvalue weighted by molar-refractivity contribution is 7.80. The van der Waals surface area contributed by atoms with Crippen LogP contribution in [0.4, 0.5) is 0 Å². The van der Waals surface area contributed by atoms with E-state index in [0.717, 1.165) is 5.11 Å². The van der Waals surface area contributed by atoms with E-state index in [0.29, 0.717) is 5.54 Å². The minimum Gasteiger partial charge on any atom is -0.366 e. The van der Waals surface area contributed by atoms with Crippen LogP contribution in [-0.4, -0.2) is 17.7 Å². The highest BCUT2D eigenvalue weighted by atomic mass is 32.1. The molecule has 2 N–H and O–H groups in total. The van der Waals surface area contributed by atoms with E-state index in [1.165, 1.54) is 19.3 Å². The van der Waals surface area contributed by atoms with E-state index in [4.69, 9.17) is 12.2 Å². The van der Waals surface area contributed by atoms with E-state index in [1.807, 2.05) is 7.05 Å². The summed E-state index contributed by atoms with van der Waals surface area (Å²) in [5, 5.41) is 6.98. The summed E-state index contributed by atoms with van der Waals surface area (Å²) in [5.41, 5.74) is 0.361. The molecule has 0 heterocycles. The van der Waals surface area contributed by atoms with Gasteiger partial charge in [-0.05, 0) is 31.5 Å². The van der Waals surface area contributed by atoms with Crippen LogP contribution < -0.4 is 10.6 Å². The maximum Gasteiger partial charge on any atom is 0.166 e. The smallest absolute Gasteiger partial charge is 0.166 e. The first-order chi connectivity index (χ1) is 4.72. The Hall–Kier alpha value is -0.310. The summed E-state index contributed by atoms with van der Waals surface area (Å²) in [7, 11) is 1.85. The lowest BCUT2D eigenvalue weighted by molar-refractivity contribution is 0.576. The van der Waals surface area contributed by atoms with E-state index < -0.39 is 0 Å². The van der Waals surface area contributed by atoms with Crippen molar-refractivity contribution in [3.05, 3.63) is 0 Å². The van der Waals surface area contributed by atoms with Crippen molar-refractivity contribution in [2.24, 2.45) is 0 Å². The summed E-state index contributed by atoms with van der Waals surface area (Å²) >= 11 is 4.99. The van der Waals surface area contributed by atoms with Crippen LogP contribution in [0.1, 0.15) is 26.2 Å². The Bertz CT molecular complexity index is 141. The van der Waals surface area contributed by atoms with Crippen LogP contribution >= 0.6 is 12.2 Å². The van der Waals surface area contributed by atoms with Crippen molar-refractivity contribution < 1.29 is 0 Å². The molecule has 1 aliphatic rings. The number of hydrogen-bond acceptors (Lipinski definition) is 1. The first-order valence-electron chi connectivity index (χ1n) is 3.72. The molecule has 2 nitrogen and oxygen atoms in total. The second kappa shape index (κ2) is 2.74. The monoisotopic (exact) mass is 158 g/mol. The van der Waals surface area contributed by atoms with Crippen LogP contribution in [0.15, 0.2) is 0 Å². The van der Waals surface area contributed by atoms with Gasteiger partial charge in [0.2, 0.25) is 0 Å². The molecule has 0 amide bonds. The molecule has 0 radical (unpaired) electrons. The predicted octanol–water partition coefficient (Wildman–Crippen LogP) is 1.02. The van der Waals surface area contributed by atoms with Gasteiger partial charge in [-0.2, -0.15) is 0 Å². The molecule has 0 aromatic carbocycles. The average Bonchev–Trinajstić information content (AvgIpc) is 2.70. The van der Waals surface area contributed by atoms with E-state index in [1.54, 1.807) is 0 Å². The highest BCUT2D eigenvalue weighted by Crippen LogP contribution is 2.38. The van der Waals surface area contributed by atoms with Gasteiger partial charge in [-0.1, -0.05) is 6.92 Å². The number of rotatable bonds is 2. The van der Waals surface area contributed by atoms with Gasteiger partial charge in [0.25, 0.3) is 0 Å². The van der Waals surface area contributed by atoms with Crippen LogP contribution in [0.2, 0.25) is 0 Å². The molecule has 0 spiro atoms. The van der Waals surface area contributed by atoms with Crippen molar-refractivity contribution >= 4 is 17.3 Å². The van der Waals surface area contributed by atoms with Gasteiger partial charge in [0.15, 0.2) is 5.11 Å². The summed E-state index contributed by atoms with van der Waals surface area (Å²) in [5.74, 6) is 0. The molecule has 0 aromatic heterocycles. The van der Waals surface area contributed by atoms with Gasteiger partial charge in [0.05, 0.1) is 0 Å². The lowest BCUT2D eigenvalue weighted by Gasteiger charge is -2.16. The van der Waals surface area contributed by atoms with Crippen molar-refractivity contribution in [2.75, 3.05) is 7.05 Å². The molecule has 0 aliphatic heterocycles. The van der Waals surface area contributed by atoms with Crippen molar-refractivity contribution in [3.63, 3.8) is 0 Å². The molecule has 0 bridgehead atoms. The fourth-order valence-electron chi connectivity index (χ4n) is 1.02. The van der Waals surface area contributed by atoms with E-state index in [9.17, 15) is 0 Å². The summed E-state index contributed by atoms with van der Waals surface area (Å²) < 4.78 is 0. The fraction of sp³-hybridized carbons (Fsp3) is 0.857. The molecular weight excluding hydrogens is 144 g/mol. The van der Waals surface area contributed by atoms with Crippen LogP contribution in [-0.2, 0) is 0 Å². The van der Waals surface area contributed by atoms with Gasteiger partial charge < -0.3 is 10.6 Å². The maximum atomic E-state index is 4.99. The molecular formula is C7H14N2S. The van der Waals surface area contributed by atoms with Gasteiger partial charge in [-0.3, -0.25) is 0 Å². The average molecular weight is 158 g/mol. The largest absolute Gasteiger partial charge is 0.366 e. The minimum atomic E-state index is 0.361. The van der Waals surface area contributed by atoms with Gasteiger partial charge in [0, 0.05) is 12.6 Å². The van der Waals surface area contributed by atoms with Crippen molar-refractivity contribution in [3.8, 4) is 0 Å². The molecule has 1 fully saturated rings. The SMILES string of the molecule is CCC1(NC(=S)NC)CC1. The lowest BCUT2D eigenvalue weighted by Crippen LogP contribution is -2.41. The molecule has 0 unspecified atom stereocenters. The quantitative estimate of drug-likeness (QED) is 0.587. The molecule has 1 aliphatic carbocycles. The predicted molar refractivity (Wildman–Crippen MR) is 47.0 cm³/mol. The number of thiocarbonyl (C=S) groups is 1. The second-order valence-corrected chi connectivity index (χ2v) is 3.25. The van der Waals surface area contributed by atoms with E-state index in [-0.39, 0.29) is 0 Å². The van der Waals surface area contributed by atoms with E-state index >= 15 is 0 Å². The Morgan fingerprint density at radius 1 is 1.60 bits per heavy atom. The van der Waals surface area contributed by atoms with Gasteiger partial charge in [0.1, 0.15) is 0 Å². The third-order valence-electron chi connectivity index (χ3n) is 2.14. The molecule has 0 atom stereocenters. The van der Waals surface area contributed by atoms with Crippen LogP contribution in [0.3, 0.4) is 0 Å². The molecule has 3 heteroatoms. The summed E-state index contributed by atoms with van der Waals surface area (Å²) in [6, 6.07) is 0. The number of nitrogens with one attached hydrogen (secondary N) is 2. The fourth-order valence-corrected chi connectivity index (χ4v) is 1.24. The Morgan fingerprint density at radius 3 is 2.50 bits per heavy atom. The topological polar surface area (TPSA) is 24.1 Å². The standard InChI is InChI=1S/C7H14N2S/c1-3-7(4-5-7)9-6(10)8-2/h3-5H2,1-2H3,(H2,8,9,10). The number of hydrogen-bond donors (Lipinski definition) is 2. The van der Waals surface area contributed by atoms with Crippen LogP contribution in [0.25, 0.3) is 0 Å². The second-order valence-electron chi connectivity index (χ2n) is 2.84.